The molecule has 2 heteroatoms. The van der Waals surface area contributed by atoms with Crippen LogP contribution in [-0.2, 0) is 4.79 Å². The van der Waals surface area contributed by atoms with E-state index in [9.17, 15) is 9.90 Å². The molecule has 0 heterocycles. The Morgan fingerprint density at radius 2 is 2.09 bits per heavy atom. The summed E-state index contributed by atoms with van der Waals surface area (Å²) in [7, 11) is 0. The number of carboxylic acid groups (broad SMARTS) is 1. The van der Waals surface area contributed by atoms with E-state index >= 15 is 0 Å². The molecule has 0 unspecified atom stereocenters. The third kappa shape index (κ3) is 2.68. The van der Waals surface area contributed by atoms with E-state index in [1.807, 2.05) is 13.0 Å². The third-order valence-electron chi connectivity index (χ3n) is 6.51. The van der Waals surface area contributed by atoms with Crippen LogP contribution < -0.4 is 0 Å². The molecule has 0 aromatic rings. The van der Waals surface area contributed by atoms with E-state index in [2.05, 4.69) is 33.1 Å². The van der Waals surface area contributed by atoms with Crippen molar-refractivity contribution in [1.82, 2.24) is 0 Å². The lowest BCUT2D eigenvalue weighted by Gasteiger charge is -2.57. The Bertz CT molecular complexity index is 516. The van der Waals surface area contributed by atoms with Gasteiger partial charge in [-0.15, -0.1) is 0 Å². The standard InChI is InChI=1S/C20H30O2/c1-6-14(2)8-10-16-15(3)9-11-17-19(16,4)12-7-13-20(17,5)18(21)22/h6,8,16-17H,1,3,7,9-13H2,2,4-5H3,(H,21,22)/t16-,17-,19+,20+/m1/s1. The molecule has 2 rings (SSSR count). The summed E-state index contributed by atoms with van der Waals surface area (Å²) in [6.45, 7) is 14.5. The zero-order chi connectivity index (χ0) is 16.5. The van der Waals surface area contributed by atoms with Gasteiger partial charge in [-0.25, -0.2) is 0 Å². The molecule has 1 N–H and O–H groups in total. The summed E-state index contributed by atoms with van der Waals surface area (Å²) >= 11 is 0. The molecule has 2 nitrogen and oxygen atoms in total. The summed E-state index contributed by atoms with van der Waals surface area (Å²) in [6.07, 6.45) is 9.95. The van der Waals surface area contributed by atoms with Gasteiger partial charge in [-0.2, -0.15) is 0 Å². The zero-order valence-electron chi connectivity index (χ0n) is 14.3. The third-order valence-corrected chi connectivity index (χ3v) is 6.51. The van der Waals surface area contributed by atoms with Crippen LogP contribution in [0.4, 0.5) is 0 Å². The Kier molecular flexibility index (Phi) is 4.70. The van der Waals surface area contributed by atoms with Gasteiger partial charge >= 0.3 is 5.97 Å². The number of aliphatic carboxylic acids is 1. The fourth-order valence-electron chi connectivity index (χ4n) is 5.03. The summed E-state index contributed by atoms with van der Waals surface area (Å²) in [4.78, 5) is 11.9. The minimum Gasteiger partial charge on any atom is -0.481 e. The normalized spacial score (nSPS) is 39.2. The van der Waals surface area contributed by atoms with Gasteiger partial charge in [0.05, 0.1) is 5.41 Å². The van der Waals surface area contributed by atoms with Crippen LogP contribution in [0.25, 0.3) is 0 Å². The van der Waals surface area contributed by atoms with Crippen molar-refractivity contribution in [3.05, 3.63) is 36.5 Å². The molecule has 22 heavy (non-hydrogen) atoms. The number of fused-ring (bicyclic) bond motifs is 1. The monoisotopic (exact) mass is 302 g/mol. The summed E-state index contributed by atoms with van der Waals surface area (Å²) in [5.74, 6) is 0.0202. The molecule has 0 bridgehead atoms. The van der Waals surface area contributed by atoms with Crippen LogP contribution in [-0.4, -0.2) is 11.1 Å². The Labute approximate surface area is 135 Å². The second-order valence-electron chi connectivity index (χ2n) is 7.77. The maximum Gasteiger partial charge on any atom is 0.309 e. The first kappa shape index (κ1) is 17.1. The fourth-order valence-corrected chi connectivity index (χ4v) is 5.03. The molecule has 0 saturated heterocycles. The van der Waals surface area contributed by atoms with Crippen LogP contribution in [0.15, 0.2) is 36.5 Å². The molecule has 0 amide bonds. The first-order chi connectivity index (χ1) is 10.3. The summed E-state index contributed by atoms with van der Waals surface area (Å²) < 4.78 is 0. The molecule has 2 fully saturated rings. The maximum absolute atomic E-state index is 11.9. The molecule has 122 valence electrons. The highest BCUT2D eigenvalue weighted by molar-refractivity contribution is 5.75. The predicted octanol–water partition coefficient (Wildman–Crippen LogP) is 5.37. The molecule has 0 aromatic carbocycles. The van der Waals surface area contributed by atoms with Crippen molar-refractivity contribution in [2.45, 2.75) is 59.3 Å². The van der Waals surface area contributed by atoms with Gasteiger partial charge in [-0.05, 0) is 63.2 Å². The molecule has 2 saturated carbocycles. The smallest absolute Gasteiger partial charge is 0.309 e. The summed E-state index contributed by atoms with van der Waals surface area (Å²) in [5, 5.41) is 9.81. The second kappa shape index (κ2) is 6.06. The first-order valence-electron chi connectivity index (χ1n) is 8.46. The molecular formula is C20H30O2. The molecule has 4 atom stereocenters. The molecular weight excluding hydrogens is 272 g/mol. The van der Waals surface area contributed by atoms with E-state index in [4.69, 9.17) is 0 Å². The maximum atomic E-state index is 11.9. The SMILES string of the molecule is C=CC(C)=CC[C@@H]1C(=C)CC[C@@H]2[C@@]1(C)CCC[C@]2(C)C(=O)O. The van der Waals surface area contributed by atoms with Crippen LogP contribution in [0.2, 0.25) is 0 Å². The largest absolute Gasteiger partial charge is 0.481 e. The summed E-state index contributed by atoms with van der Waals surface area (Å²) in [5.41, 5.74) is 1.97. The van der Waals surface area contributed by atoms with Gasteiger partial charge in [0.25, 0.3) is 0 Å². The minimum atomic E-state index is -0.618. The van der Waals surface area contributed by atoms with Gasteiger partial charge < -0.3 is 5.11 Å². The number of carboxylic acids is 1. The van der Waals surface area contributed by atoms with Crippen LogP contribution in [0, 0.1) is 22.7 Å². The Balaban J connectivity index is 2.36. The van der Waals surface area contributed by atoms with Gasteiger partial charge in [0.15, 0.2) is 0 Å². The molecule has 0 aliphatic heterocycles. The van der Waals surface area contributed by atoms with Crippen molar-refractivity contribution < 1.29 is 9.90 Å². The molecule has 0 aromatic heterocycles. The number of allylic oxidation sites excluding steroid dienone is 4. The highest BCUT2D eigenvalue weighted by atomic mass is 16.4. The zero-order valence-corrected chi connectivity index (χ0v) is 14.3. The Morgan fingerprint density at radius 3 is 2.68 bits per heavy atom. The second-order valence-corrected chi connectivity index (χ2v) is 7.77. The molecule has 0 spiro atoms. The minimum absolute atomic E-state index is 0.0542. The number of rotatable bonds is 4. The van der Waals surface area contributed by atoms with Gasteiger partial charge in [0, 0.05) is 0 Å². The Hall–Kier alpha value is -1.31. The van der Waals surface area contributed by atoms with Crippen LogP contribution in [0.5, 0.6) is 0 Å². The van der Waals surface area contributed by atoms with Crippen LogP contribution in [0.3, 0.4) is 0 Å². The van der Waals surface area contributed by atoms with Crippen molar-refractivity contribution in [1.29, 1.82) is 0 Å². The van der Waals surface area contributed by atoms with E-state index in [1.54, 1.807) is 0 Å². The van der Waals surface area contributed by atoms with Crippen LogP contribution in [0.1, 0.15) is 59.3 Å². The van der Waals surface area contributed by atoms with Crippen molar-refractivity contribution in [2.24, 2.45) is 22.7 Å². The topological polar surface area (TPSA) is 37.3 Å². The van der Waals surface area contributed by atoms with Crippen molar-refractivity contribution in [3.63, 3.8) is 0 Å². The highest BCUT2D eigenvalue weighted by Gasteiger charge is 2.57. The Morgan fingerprint density at radius 1 is 1.41 bits per heavy atom. The highest BCUT2D eigenvalue weighted by Crippen LogP contribution is 2.61. The van der Waals surface area contributed by atoms with Gasteiger partial charge in [0.2, 0.25) is 0 Å². The fraction of sp³-hybridized carbons (Fsp3) is 0.650. The number of hydrogen-bond donors (Lipinski definition) is 1. The van der Waals surface area contributed by atoms with Gasteiger partial charge in [-0.3, -0.25) is 4.79 Å². The predicted molar refractivity (Wildman–Crippen MR) is 91.6 cm³/mol. The van der Waals surface area contributed by atoms with E-state index in [0.717, 1.165) is 38.5 Å². The van der Waals surface area contributed by atoms with E-state index in [-0.39, 0.29) is 11.3 Å². The summed E-state index contributed by atoms with van der Waals surface area (Å²) in [6, 6.07) is 0. The quantitative estimate of drug-likeness (QED) is 0.559. The average molecular weight is 302 g/mol. The average Bonchev–Trinajstić information content (AvgIpc) is 2.45. The lowest BCUT2D eigenvalue weighted by molar-refractivity contribution is -0.164. The van der Waals surface area contributed by atoms with E-state index in [0.29, 0.717) is 5.92 Å². The lowest BCUT2D eigenvalue weighted by Crippen LogP contribution is -2.53. The molecule has 2 aliphatic rings. The van der Waals surface area contributed by atoms with Crippen molar-refractivity contribution >= 4 is 5.97 Å². The van der Waals surface area contributed by atoms with Gasteiger partial charge in [0.1, 0.15) is 0 Å². The molecule has 0 radical (unpaired) electrons. The lowest BCUT2D eigenvalue weighted by atomic mass is 9.46. The number of hydrogen-bond acceptors (Lipinski definition) is 1. The van der Waals surface area contributed by atoms with Crippen LogP contribution >= 0.6 is 0 Å². The van der Waals surface area contributed by atoms with E-state index in [1.165, 1.54) is 11.1 Å². The van der Waals surface area contributed by atoms with Crippen molar-refractivity contribution in [3.8, 4) is 0 Å². The molecule has 2 aliphatic carbocycles. The van der Waals surface area contributed by atoms with E-state index < -0.39 is 11.4 Å². The first-order valence-corrected chi connectivity index (χ1v) is 8.46. The van der Waals surface area contributed by atoms with Gasteiger partial charge in [-0.1, -0.05) is 49.8 Å². The van der Waals surface area contributed by atoms with Crippen molar-refractivity contribution in [2.75, 3.05) is 0 Å². The number of carbonyl (C=O) groups is 1.